The van der Waals surface area contributed by atoms with Crippen LogP contribution in [0, 0.1) is 17.7 Å². The maximum absolute atomic E-state index is 13.2. The fraction of sp³-hybridized carbons (Fsp3) is 0.500. The molecule has 0 atom stereocenters. The van der Waals surface area contributed by atoms with Gasteiger partial charge in [0.1, 0.15) is 5.82 Å². The molecule has 182 valence electrons. The first-order chi connectivity index (χ1) is 16.5. The second-order valence-corrected chi connectivity index (χ2v) is 9.95. The number of hydrogen-bond donors (Lipinski definition) is 2. The minimum atomic E-state index is -0.298. The maximum atomic E-state index is 13.2. The number of anilines is 2. The molecular formula is C28H36FN3O2. The van der Waals surface area contributed by atoms with Crippen LogP contribution in [0.2, 0.25) is 0 Å². The fourth-order valence-corrected chi connectivity index (χ4v) is 5.06. The molecule has 4 rings (SSSR count). The van der Waals surface area contributed by atoms with E-state index in [1.54, 1.807) is 18.2 Å². The average molecular weight is 466 g/mol. The maximum Gasteiger partial charge on any atom is 0.253 e. The highest BCUT2D eigenvalue weighted by atomic mass is 19.1. The van der Waals surface area contributed by atoms with Crippen molar-refractivity contribution in [1.29, 1.82) is 0 Å². The molecule has 6 heteroatoms. The van der Waals surface area contributed by atoms with Crippen molar-refractivity contribution >= 4 is 23.2 Å². The number of halogens is 1. The Labute approximate surface area is 202 Å². The van der Waals surface area contributed by atoms with E-state index in [9.17, 15) is 14.0 Å². The molecular weight excluding hydrogens is 429 g/mol. The predicted molar refractivity (Wildman–Crippen MR) is 134 cm³/mol. The van der Waals surface area contributed by atoms with Gasteiger partial charge in [-0.3, -0.25) is 9.59 Å². The van der Waals surface area contributed by atoms with Gasteiger partial charge in [-0.2, -0.15) is 0 Å². The van der Waals surface area contributed by atoms with Gasteiger partial charge in [-0.05, 0) is 67.0 Å². The highest BCUT2D eigenvalue weighted by molar-refractivity contribution is 6.02. The molecule has 2 aromatic rings. The summed E-state index contributed by atoms with van der Waals surface area (Å²) in [6.07, 6.45) is 8.65. The topological polar surface area (TPSA) is 61.4 Å². The SMILES string of the molecule is CC1CCN(c2ccc(NC(=O)CCC3CCCC3)cc2C(=O)NCc2ccc(F)cc2)CC1. The van der Waals surface area contributed by atoms with Crippen LogP contribution in [-0.4, -0.2) is 24.9 Å². The van der Waals surface area contributed by atoms with Crippen LogP contribution in [0.5, 0.6) is 0 Å². The van der Waals surface area contributed by atoms with Crippen molar-refractivity contribution in [3.05, 3.63) is 59.4 Å². The molecule has 2 aliphatic rings. The van der Waals surface area contributed by atoms with Crippen LogP contribution >= 0.6 is 0 Å². The summed E-state index contributed by atoms with van der Waals surface area (Å²) in [4.78, 5) is 28.0. The van der Waals surface area contributed by atoms with Crippen molar-refractivity contribution in [3.8, 4) is 0 Å². The third kappa shape index (κ3) is 6.58. The number of nitrogens with one attached hydrogen (secondary N) is 2. The zero-order valence-corrected chi connectivity index (χ0v) is 20.1. The van der Waals surface area contributed by atoms with Gasteiger partial charge >= 0.3 is 0 Å². The molecule has 1 aliphatic carbocycles. The highest BCUT2D eigenvalue weighted by Crippen LogP contribution is 2.30. The van der Waals surface area contributed by atoms with Crippen molar-refractivity contribution in [2.45, 2.75) is 64.8 Å². The van der Waals surface area contributed by atoms with Gasteiger partial charge in [0, 0.05) is 37.4 Å². The largest absolute Gasteiger partial charge is 0.371 e. The number of benzene rings is 2. The smallest absolute Gasteiger partial charge is 0.253 e. The molecule has 1 heterocycles. The monoisotopic (exact) mass is 465 g/mol. The number of carbonyl (C=O) groups excluding carboxylic acids is 2. The fourth-order valence-electron chi connectivity index (χ4n) is 5.06. The van der Waals surface area contributed by atoms with Gasteiger partial charge in [-0.1, -0.05) is 44.7 Å². The summed E-state index contributed by atoms with van der Waals surface area (Å²) in [6, 6.07) is 11.8. The summed E-state index contributed by atoms with van der Waals surface area (Å²) in [5.74, 6) is 0.866. The van der Waals surface area contributed by atoms with Crippen LogP contribution in [0.4, 0.5) is 15.8 Å². The standard InChI is InChI=1S/C28H36FN3O2/c1-20-14-16-32(17-15-20)26-12-11-24(31-27(33)13-8-21-4-2-3-5-21)18-25(26)28(34)30-19-22-6-9-23(29)10-7-22/h6-7,9-12,18,20-21H,2-5,8,13-17,19H2,1H3,(H,30,34)(H,31,33). The Morgan fingerprint density at radius 2 is 1.71 bits per heavy atom. The molecule has 1 saturated heterocycles. The van der Waals surface area contributed by atoms with Gasteiger partial charge < -0.3 is 15.5 Å². The van der Waals surface area contributed by atoms with Crippen LogP contribution in [0.15, 0.2) is 42.5 Å². The third-order valence-electron chi connectivity index (χ3n) is 7.27. The number of rotatable bonds is 8. The van der Waals surface area contributed by atoms with Crippen molar-refractivity contribution in [2.24, 2.45) is 11.8 Å². The number of nitrogens with zero attached hydrogens (tertiary/aromatic N) is 1. The molecule has 34 heavy (non-hydrogen) atoms. The van der Waals surface area contributed by atoms with Gasteiger partial charge in [0.05, 0.1) is 5.56 Å². The minimum Gasteiger partial charge on any atom is -0.371 e. The molecule has 1 aliphatic heterocycles. The Kier molecular flexibility index (Phi) is 8.20. The molecule has 2 amide bonds. The lowest BCUT2D eigenvalue weighted by Crippen LogP contribution is -2.35. The zero-order chi connectivity index (χ0) is 23.9. The third-order valence-corrected chi connectivity index (χ3v) is 7.27. The van der Waals surface area contributed by atoms with Gasteiger partial charge in [0.2, 0.25) is 5.91 Å². The van der Waals surface area contributed by atoms with Gasteiger partial charge in [0.15, 0.2) is 0 Å². The summed E-state index contributed by atoms with van der Waals surface area (Å²) in [6.45, 7) is 4.39. The van der Waals surface area contributed by atoms with Gasteiger partial charge in [-0.15, -0.1) is 0 Å². The molecule has 2 fully saturated rings. The van der Waals surface area contributed by atoms with E-state index in [0.29, 0.717) is 36.1 Å². The lowest BCUT2D eigenvalue weighted by Gasteiger charge is -2.33. The molecule has 5 nitrogen and oxygen atoms in total. The highest BCUT2D eigenvalue weighted by Gasteiger charge is 2.22. The van der Waals surface area contributed by atoms with E-state index in [1.807, 2.05) is 12.1 Å². The molecule has 1 saturated carbocycles. The Morgan fingerprint density at radius 3 is 2.41 bits per heavy atom. The Balaban J connectivity index is 1.46. The van der Waals surface area contributed by atoms with E-state index >= 15 is 0 Å². The second kappa shape index (κ2) is 11.5. The molecule has 0 bridgehead atoms. The lowest BCUT2D eigenvalue weighted by molar-refractivity contribution is -0.116. The van der Waals surface area contributed by atoms with Crippen LogP contribution in [-0.2, 0) is 11.3 Å². The first kappa shape index (κ1) is 24.2. The van der Waals surface area contributed by atoms with Crippen LogP contribution in [0.25, 0.3) is 0 Å². The normalized spacial score (nSPS) is 17.1. The van der Waals surface area contributed by atoms with Crippen LogP contribution < -0.4 is 15.5 Å². The van der Waals surface area contributed by atoms with Crippen LogP contribution in [0.3, 0.4) is 0 Å². The Hall–Kier alpha value is -2.89. The number of amides is 2. The quantitative estimate of drug-likeness (QED) is 0.510. The number of carbonyl (C=O) groups is 2. The number of hydrogen-bond acceptors (Lipinski definition) is 3. The molecule has 0 unspecified atom stereocenters. The van der Waals surface area contributed by atoms with E-state index in [-0.39, 0.29) is 17.6 Å². The molecule has 0 spiro atoms. The van der Waals surface area contributed by atoms with E-state index in [4.69, 9.17) is 0 Å². The summed E-state index contributed by atoms with van der Waals surface area (Å²) in [7, 11) is 0. The van der Waals surface area contributed by atoms with E-state index in [1.165, 1.54) is 37.8 Å². The summed E-state index contributed by atoms with van der Waals surface area (Å²) < 4.78 is 13.2. The Bertz CT molecular complexity index is 978. The van der Waals surface area contributed by atoms with Gasteiger partial charge in [-0.25, -0.2) is 4.39 Å². The first-order valence-electron chi connectivity index (χ1n) is 12.7. The molecule has 0 aromatic heterocycles. The summed E-state index contributed by atoms with van der Waals surface area (Å²) >= 11 is 0. The van der Waals surface area contributed by atoms with Crippen molar-refractivity contribution in [3.63, 3.8) is 0 Å². The number of piperidine rings is 1. The summed E-state index contributed by atoms with van der Waals surface area (Å²) in [5.41, 5.74) is 2.94. The van der Waals surface area contributed by atoms with Crippen molar-refractivity contribution in [2.75, 3.05) is 23.3 Å². The van der Waals surface area contributed by atoms with Gasteiger partial charge in [0.25, 0.3) is 5.91 Å². The molecule has 2 N–H and O–H groups in total. The zero-order valence-electron chi connectivity index (χ0n) is 20.1. The Morgan fingerprint density at radius 1 is 1.00 bits per heavy atom. The predicted octanol–water partition coefficient (Wildman–Crippen LogP) is 5.90. The second-order valence-electron chi connectivity index (χ2n) is 9.95. The molecule has 2 aromatic carbocycles. The van der Waals surface area contributed by atoms with E-state index < -0.39 is 0 Å². The van der Waals surface area contributed by atoms with Crippen LogP contribution in [0.1, 0.15) is 74.2 Å². The average Bonchev–Trinajstić information content (AvgIpc) is 3.37. The van der Waals surface area contributed by atoms with Crippen molar-refractivity contribution < 1.29 is 14.0 Å². The van der Waals surface area contributed by atoms with Crippen molar-refractivity contribution in [1.82, 2.24) is 5.32 Å². The summed E-state index contributed by atoms with van der Waals surface area (Å²) in [5, 5.41) is 5.96. The van der Waals surface area contributed by atoms with E-state index in [2.05, 4.69) is 22.5 Å². The molecule has 0 radical (unpaired) electrons. The van der Waals surface area contributed by atoms with E-state index in [0.717, 1.165) is 43.6 Å². The lowest BCUT2D eigenvalue weighted by atomic mass is 9.97. The first-order valence-corrected chi connectivity index (χ1v) is 12.7. The minimum absolute atomic E-state index is 0.00381.